The summed E-state index contributed by atoms with van der Waals surface area (Å²) in [4.78, 5) is 36.1. The molecule has 0 aliphatic carbocycles. The van der Waals surface area contributed by atoms with E-state index in [0.717, 1.165) is 4.57 Å². The third-order valence-corrected chi connectivity index (χ3v) is 4.48. The lowest BCUT2D eigenvalue weighted by Gasteiger charge is -2.17. The second-order valence-electron chi connectivity index (χ2n) is 6.41. The molecule has 1 saturated heterocycles. The molecule has 3 unspecified atom stereocenters. The van der Waals surface area contributed by atoms with E-state index in [4.69, 9.17) is 4.74 Å². The van der Waals surface area contributed by atoms with Crippen molar-refractivity contribution in [3.8, 4) is 0 Å². The lowest BCUT2D eigenvalue weighted by atomic mass is 10.1. The average molecular weight is 406 g/mol. The van der Waals surface area contributed by atoms with Crippen molar-refractivity contribution in [2.75, 3.05) is 12.0 Å². The van der Waals surface area contributed by atoms with E-state index < -0.39 is 41.2 Å². The van der Waals surface area contributed by atoms with Crippen LogP contribution in [0.1, 0.15) is 18.2 Å². The number of nitro groups is 1. The van der Waals surface area contributed by atoms with Crippen LogP contribution in [0, 0.1) is 22.2 Å². The number of anilines is 1. The molecule has 2 aromatic rings. The van der Waals surface area contributed by atoms with Crippen LogP contribution < -0.4 is 16.7 Å². The molecule has 0 saturated carbocycles. The number of hydrogen-bond acceptors (Lipinski definition) is 8. The lowest BCUT2D eigenvalue weighted by molar-refractivity contribution is -0.571. The lowest BCUT2D eigenvalue weighted by Crippen LogP contribution is -2.33. The maximum Gasteiger partial charge on any atom is 0.330 e. The largest absolute Gasteiger partial charge is 0.696 e. The van der Waals surface area contributed by atoms with Gasteiger partial charge in [-0.2, -0.15) is 4.86 Å². The van der Waals surface area contributed by atoms with E-state index in [0.29, 0.717) is 16.1 Å². The van der Waals surface area contributed by atoms with Crippen LogP contribution in [-0.4, -0.2) is 43.2 Å². The highest BCUT2D eigenvalue weighted by Gasteiger charge is 2.40. The first-order valence-electron chi connectivity index (χ1n) is 8.56. The number of non-ortho nitro benzene ring substituents is 1. The summed E-state index contributed by atoms with van der Waals surface area (Å²) in [6, 6.07) is 4.37. The fourth-order valence-corrected chi connectivity index (χ4v) is 2.92. The Labute approximate surface area is 162 Å². The van der Waals surface area contributed by atoms with Gasteiger partial charge in [0, 0.05) is 30.3 Å². The van der Waals surface area contributed by atoms with Gasteiger partial charge in [0.15, 0.2) is 6.04 Å². The minimum atomic E-state index is -0.918. The van der Waals surface area contributed by atoms with Crippen LogP contribution in [0.2, 0.25) is 0 Å². The van der Waals surface area contributed by atoms with E-state index in [1.807, 2.05) is 0 Å². The number of nitrogens with one attached hydrogen (secondary N) is 2. The number of aryl methyl sites for hydroxylation is 1. The van der Waals surface area contributed by atoms with Gasteiger partial charge in [-0.1, -0.05) is 0 Å². The normalized spacial score (nSPS) is 21.9. The smallest absolute Gasteiger partial charge is 0.330 e. The number of benzene rings is 1. The van der Waals surface area contributed by atoms with Crippen molar-refractivity contribution < 1.29 is 19.6 Å². The molecule has 154 valence electrons. The third-order valence-electron chi connectivity index (χ3n) is 4.48. The molecule has 3 atom stereocenters. The molecule has 1 aliphatic rings. The Morgan fingerprint density at radius 1 is 1.34 bits per heavy atom. The Bertz CT molecular complexity index is 1040. The summed E-state index contributed by atoms with van der Waals surface area (Å²) in [5.41, 5.74) is 1.79. The zero-order chi connectivity index (χ0) is 21.1. The maximum absolute atomic E-state index is 12.4. The molecule has 13 heteroatoms. The highest BCUT2D eigenvalue weighted by Crippen LogP contribution is 2.29. The predicted molar refractivity (Wildman–Crippen MR) is 98.2 cm³/mol. The van der Waals surface area contributed by atoms with E-state index >= 15 is 0 Å². The Morgan fingerprint density at radius 3 is 2.66 bits per heavy atom. The van der Waals surface area contributed by atoms with Crippen LogP contribution in [0.5, 0.6) is 0 Å². The minimum Gasteiger partial charge on any atom is -0.696 e. The molecule has 2 heterocycles. The fraction of sp³-hybridized carbons (Fsp3) is 0.375. The minimum absolute atomic E-state index is 0.0333. The Hall–Kier alpha value is -3.58. The monoisotopic (exact) mass is 406 g/mol. The molecule has 29 heavy (non-hydrogen) atoms. The molecular formula is C16H18N6O7. The van der Waals surface area contributed by atoms with Gasteiger partial charge in [0.2, 0.25) is 0 Å². The first-order valence-corrected chi connectivity index (χ1v) is 8.56. The molecule has 0 radical (unpaired) electrons. The quantitative estimate of drug-likeness (QED) is 0.267. The number of hydroxylamine groups is 1. The van der Waals surface area contributed by atoms with Gasteiger partial charge < -0.3 is 15.1 Å². The number of H-pyrrole nitrogens is 1. The number of aromatic nitrogens is 2. The standard InChI is InChI=1S/C16H18N6O7/c1-9-7-20(16(25)17-15(9)24)14-6-12(13(8-23)29-14)21(26)19-18-10-2-4-11(5-3-10)22(27)28/h2-5,7,12-14,18,23H,6,8H2,1H3,(H,17,24,25)/b21-19+. The zero-order valence-corrected chi connectivity index (χ0v) is 15.2. The molecule has 3 N–H and O–H groups in total. The van der Waals surface area contributed by atoms with Gasteiger partial charge in [0.25, 0.3) is 11.2 Å². The van der Waals surface area contributed by atoms with Gasteiger partial charge in [-0.3, -0.25) is 24.5 Å². The molecule has 0 spiro atoms. The fourth-order valence-electron chi connectivity index (χ4n) is 2.92. The summed E-state index contributed by atoms with van der Waals surface area (Å²) in [5, 5.41) is 36.2. The van der Waals surface area contributed by atoms with Gasteiger partial charge in [-0.25, -0.2) is 4.79 Å². The van der Waals surface area contributed by atoms with Crippen LogP contribution in [0.3, 0.4) is 0 Å². The topological polar surface area (TPSA) is 178 Å². The van der Waals surface area contributed by atoms with Crippen molar-refractivity contribution in [1.82, 2.24) is 9.55 Å². The first-order chi connectivity index (χ1) is 13.8. The van der Waals surface area contributed by atoms with E-state index in [-0.39, 0.29) is 12.1 Å². The summed E-state index contributed by atoms with van der Waals surface area (Å²) in [5.74, 6) is 0. The van der Waals surface area contributed by atoms with Crippen LogP contribution >= 0.6 is 0 Å². The first kappa shape index (κ1) is 20.2. The number of nitrogens with zero attached hydrogens (tertiary/aromatic N) is 4. The maximum atomic E-state index is 12.4. The number of nitro benzene ring substituents is 1. The number of ether oxygens (including phenoxy) is 1. The van der Waals surface area contributed by atoms with Crippen LogP contribution in [0.15, 0.2) is 45.3 Å². The molecule has 13 nitrogen and oxygen atoms in total. The summed E-state index contributed by atoms with van der Waals surface area (Å²) in [7, 11) is 0. The second-order valence-corrected chi connectivity index (χ2v) is 6.41. The van der Waals surface area contributed by atoms with Crippen molar-refractivity contribution in [2.24, 2.45) is 5.22 Å². The molecule has 0 amide bonds. The molecule has 1 aliphatic heterocycles. The second kappa shape index (κ2) is 8.20. The van der Waals surface area contributed by atoms with Gasteiger partial charge in [0.1, 0.15) is 18.0 Å². The zero-order valence-electron chi connectivity index (χ0n) is 15.2. The Morgan fingerprint density at radius 2 is 2.03 bits per heavy atom. The molecular weight excluding hydrogens is 388 g/mol. The summed E-state index contributed by atoms with van der Waals surface area (Å²) >= 11 is 0. The van der Waals surface area contributed by atoms with Crippen molar-refractivity contribution >= 4 is 11.4 Å². The van der Waals surface area contributed by atoms with E-state index in [9.17, 15) is 30.0 Å². The number of hydrogen-bond donors (Lipinski definition) is 3. The highest BCUT2D eigenvalue weighted by molar-refractivity contribution is 5.47. The highest BCUT2D eigenvalue weighted by atomic mass is 16.6. The number of aliphatic hydroxyl groups excluding tert-OH is 1. The van der Waals surface area contributed by atoms with Crippen molar-refractivity contribution in [2.45, 2.75) is 31.7 Å². The number of aromatic amines is 1. The van der Waals surface area contributed by atoms with Crippen molar-refractivity contribution in [3.05, 3.63) is 72.2 Å². The van der Waals surface area contributed by atoms with Crippen molar-refractivity contribution in [1.29, 1.82) is 0 Å². The molecule has 0 bridgehead atoms. The van der Waals surface area contributed by atoms with Crippen LogP contribution in [0.4, 0.5) is 11.4 Å². The number of rotatable bonds is 6. The summed E-state index contributed by atoms with van der Waals surface area (Å²) in [6.45, 7) is 1.04. The third kappa shape index (κ3) is 4.30. The van der Waals surface area contributed by atoms with E-state index in [2.05, 4.69) is 15.6 Å². The average Bonchev–Trinajstić information content (AvgIpc) is 3.13. The molecule has 1 aromatic carbocycles. The van der Waals surface area contributed by atoms with Crippen molar-refractivity contribution in [3.63, 3.8) is 0 Å². The van der Waals surface area contributed by atoms with Gasteiger partial charge in [0.05, 0.1) is 16.8 Å². The van der Waals surface area contributed by atoms with Crippen LogP contribution in [0.25, 0.3) is 0 Å². The molecule has 3 rings (SSSR count). The predicted octanol–water partition coefficient (Wildman–Crippen LogP) is 0.391. The summed E-state index contributed by atoms with van der Waals surface area (Å²) < 4.78 is 6.74. The Balaban J connectivity index is 1.76. The SMILES string of the molecule is Cc1cn(C2CC(/[N+]([O-])=N\Nc3ccc([N+](=O)[O-])cc3)C(CO)O2)c(=O)[nH]c1=O. The van der Waals surface area contributed by atoms with Gasteiger partial charge in [-0.05, 0) is 19.1 Å². The van der Waals surface area contributed by atoms with E-state index in [1.165, 1.54) is 37.4 Å². The number of aliphatic hydroxyl groups is 1. The Kier molecular flexibility index (Phi) is 5.70. The van der Waals surface area contributed by atoms with Crippen LogP contribution in [-0.2, 0) is 4.74 Å². The summed E-state index contributed by atoms with van der Waals surface area (Å²) in [6.07, 6.45) is -0.430. The molecule has 1 aromatic heterocycles. The van der Waals surface area contributed by atoms with Gasteiger partial charge in [-0.15, -0.1) is 5.43 Å². The van der Waals surface area contributed by atoms with E-state index in [1.54, 1.807) is 0 Å². The van der Waals surface area contributed by atoms with Gasteiger partial charge >= 0.3 is 5.69 Å². The molecule has 1 fully saturated rings.